The van der Waals surface area contributed by atoms with Crippen LogP contribution in [0.5, 0.6) is 0 Å². The zero-order chi connectivity index (χ0) is 13.5. The lowest BCUT2D eigenvalue weighted by Crippen LogP contribution is -2.24. The van der Waals surface area contributed by atoms with Crippen molar-refractivity contribution < 1.29 is 9.53 Å². The summed E-state index contributed by atoms with van der Waals surface area (Å²) < 4.78 is 5.50. The fourth-order valence-electron chi connectivity index (χ4n) is 1.89. The molecule has 1 aromatic heterocycles. The van der Waals surface area contributed by atoms with Gasteiger partial charge in [0, 0.05) is 32.1 Å². The maximum Gasteiger partial charge on any atom is 0.254 e. The Bertz CT molecular complexity index is 402. The van der Waals surface area contributed by atoms with Gasteiger partial charge in [-0.05, 0) is 19.3 Å². The number of carbonyl (C=O) groups is 1. The van der Waals surface area contributed by atoms with Crippen molar-refractivity contribution in [2.24, 2.45) is 0 Å². The molecule has 104 valence electrons. The van der Waals surface area contributed by atoms with E-state index in [1.807, 2.05) is 6.92 Å². The Morgan fingerprint density at radius 2 is 2.26 bits per heavy atom. The highest BCUT2D eigenvalue weighted by Crippen LogP contribution is 2.12. The van der Waals surface area contributed by atoms with E-state index in [1.54, 1.807) is 0 Å². The molecular formula is C13H20N4O2. The highest BCUT2D eigenvalue weighted by molar-refractivity contribution is 5.93. The average Bonchev–Trinajstić information content (AvgIpc) is 2.96. The van der Waals surface area contributed by atoms with E-state index in [0.29, 0.717) is 24.6 Å². The number of aromatic nitrogens is 2. The van der Waals surface area contributed by atoms with Gasteiger partial charge in [-0.2, -0.15) is 0 Å². The monoisotopic (exact) mass is 264 g/mol. The summed E-state index contributed by atoms with van der Waals surface area (Å²) in [6.07, 6.45) is 6.42. The lowest BCUT2D eigenvalue weighted by Gasteiger charge is -2.10. The Morgan fingerprint density at radius 3 is 2.89 bits per heavy atom. The van der Waals surface area contributed by atoms with Crippen molar-refractivity contribution in [2.45, 2.75) is 32.3 Å². The van der Waals surface area contributed by atoms with E-state index in [4.69, 9.17) is 4.74 Å². The molecule has 1 amide bonds. The minimum absolute atomic E-state index is 0.132. The topological polar surface area (TPSA) is 76.1 Å². The van der Waals surface area contributed by atoms with Crippen molar-refractivity contribution in [1.29, 1.82) is 0 Å². The van der Waals surface area contributed by atoms with Crippen LogP contribution in [-0.4, -0.2) is 41.7 Å². The summed E-state index contributed by atoms with van der Waals surface area (Å²) >= 11 is 0. The molecule has 1 unspecified atom stereocenters. The summed E-state index contributed by atoms with van der Waals surface area (Å²) in [4.78, 5) is 19.9. The van der Waals surface area contributed by atoms with E-state index in [0.717, 1.165) is 25.9 Å². The number of carbonyl (C=O) groups excluding carboxylic acids is 1. The minimum atomic E-state index is -0.132. The van der Waals surface area contributed by atoms with Crippen LogP contribution in [-0.2, 0) is 4.74 Å². The number of nitrogens with zero attached hydrogens (tertiary/aromatic N) is 2. The number of nitrogens with one attached hydrogen (secondary N) is 2. The minimum Gasteiger partial charge on any atom is -0.376 e. The van der Waals surface area contributed by atoms with Crippen LogP contribution in [0.2, 0.25) is 0 Å². The fraction of sp³-hybridized carbons (Fsp3) is 0.615. The van der Waals surface area contributed by atoms with Gasteiger partial charge in [0.05, 0.1) is 11.7 Å². The number of ether oxygens (including phenoxy) is 1. The van der Waals surface area contributed by atoms with E-state index in [9.17, 15) is 4.79 Å². The second kappa shape index (κ2) is 7.04. The summed E-state index contributed by atoms with van der Waals surface area (Å²) in [5.41, 5.74) is 0.483. The fourth-order valence-corrected chi connectivity index (χ4v) is 1.89. The first-order valence-corrected chi connectivity index (χ1v) is 6.75. The SMILES string of the molecule is CCCNC(=O)c1cnc(NCC2CCCO2)nc1. The molecule has 2 heterocycles. The maximum absolute atomic E-state index is 11.7. The molecule has 0 aromatic carbocycles. The van der Waals surface area contributed by atoms with Crippen LogP contribution >= 0.6 is 0 Å². The number of anilines is 1. The van der Waals surface area contributed by atoms with Crippen LogP contribution in [0, 0.1) is 0 Å². The Balaban J connectivity index is 1.81. The Labute approximate surface area is 113 Å². The quantitative estimate of drug-likeness (QED) is 0.807. The van der Waals surface area contributed by atoms with Gasteiger partial charge in [-0.1, -0.05) is 6.92 Å². The predicted octanol–water partition coefficient (Wildman–Crippen LogP) is 1.21. The molecule has 1 atom stereocenters. The van der Waals surface area contributed by atoms with Crippen molar-refractivity contribution in [3.05, 3.63) is 18.0 Å². The first kappa shape index (κ1) is 13.7. The van der Waals surface area contributed by atoms with Gasteiger partial charge in [-0.25, -0.2) is 9.97 Å². The van der Waals surface area contributed by atoms with Crippen LogP contribution in [0.3, 0.4) is 0 Å². The van der Waals surface area contributed by atoms with Crippen molar-refractivity contribution >= 4 is 11.9 Å². The zero-order valence-electron chi connectivity index (χ0n) is 11.2. The normalized spacial score (nSPS) is 18.3. The number of amides is 1. The molecule has 0 saturated carbocycles. The molecule has 6 nitrogen and oxygen atoms in total. The van der Waals surface area contributed by atoms with Gasteiger partial charge in [0.1, 0.15) is 0 Å². The highest BCUT2D eigenvalue weighted by atomic mass is 16.5. The van der Waals surface area contributed by atoms with E-state index in [-0.39, 0.29) is 12.0 Å². The Morgan fingerprint density at radius 1 is 1.47 bits per heavy atom. The molecule has 1 fully saturated rings. The van der Waals surface area contributed by atoms with Crippen LogP contribution in [0.25, 0.3) is 0 Å². The molecule has 19 heavy (non-hydrogen) atoms. The Kier molecular flexibility index (Phi) is 5.09. The van der Waals surface area contributed by atoms with Gasteiger partial charge in [0.2, 0.25) is 5.95 Å². The molecule has 2 N–H and O–H groups in total. The van der Waals surface area contributed by atoms with Crippen LogP contribution in [0.1, 0.15) is 36.5 Å². The van der Waals surface area contributed by atoms with Gasteiger partial charge >= 0.3 is 0 Å². The standard InChI is InChI=1S/C13H20N4O2/c1-2-5-14-12(18)10-7-15-13(16-8-10)17-9-11-4-3-6-19-11/h7-8,11H,2-6,9H2,1H3,(H,14,18)(H,15,16,17). The molecule has 1 aliphatic heterocycles. The van der Waals surface area contributed by atoms with Gasteiger partial charge in [-0.3, -0.25) is 4.79 Å². The largest absolute Gasteiger partial charge is 0.376 e. The lowest BCUT2D eigenvalue weighted by atomic mass is 10.2. The van der Waals surface area contributed by atoms with Gasteiger partial charge in [0.25, 0.3) is 5.91 Å². The van der Waals surface area contributed by atoms with Gasteiger partial charge in [0.15, 0.2) is 0 Å². The molecule has 0 radical (unpaired) electrons. The predicted molar refractivity (Wildman–Crippen MR) is 72.1 cm³/mol. The molecular weight excluding hydrogens is 244 g/mol. The van der Waals surface area contributed by atoms with E-state index in [1.165, 1.54) is 12.4 Å². The first-order valence-electron chi connectivity index (χ1n) is 6.75. The van der Waals surface area contributed by atoms with Crippen molar-refractivity contribution in [3.63, 3.8) is 0 Å². The van der Waals surface area contributed by atoms with E-state index < -0.39 is 0 Å². The molecule has 2 rings (SSSR count). The third-order valence-electron chi connectivity index (χ3n) is 2.96. The number of rotatable bonds is 6. The number of hydrogen-bond donors (Lipinski definition) is 2. The van der Waals surface area contributed by atoms with Gasteiger partial charge in [-0.15, -0.1) is 0 Å². The smallest absolute Gasteiger partial charge is 0.254 e. The van der Waals surface area contributed by atoms with Crippen LogP contribution < -0.4 is 10.6 Å². The number of hydrogen-bond acceptors (Lipinski definition) is 5. The lowest BCUT2D eigenvalue weighted by molar-refractivity contribution is 0.0953. The summed E-state index contributed by atoms with van der Waals surface area (Å²) in [5.74, 6) is 0.398. The first-order chi connectivity index (χ1) is 9.29. The molecule has 1 aromatic rings. The Hall–Kier alpha value is -1.69. The summed E-state index contributed by atoms with van der Waals surface area (Å²) in [7, 11) is 0. The highest BCUT2D eigenvalue weighted by Gasteiger charge is 2.15. The molecule has 1 aliphatic rings. The second-order valence-electron chi connectivity index (χ2n) is 4.57. The van der Waals surface area contributed by atoms with Crippen LogP contribution in [0.15, 0.2) is 12.4 Å². The van der Waals surface area contributed by atoms with E-state index in [2.05, 4.69) is 20.6 Å². The maximum atomic E-state index is 11.7. The van der Waals surface area contributed by atoms with Crippen molar-refractivity contribution in [3.8, 4) is 0 Å². The molecule has 0 bridgehead atoms. The molecule has 6 heteroatoms. The summed E-state index contributed by atoms with van der Waals surface area (Å²) in [6, 6.07) is 0. The second-order valence-corrected chi connectivity index (χ2v) is 4.57. The van der Waals surface area contributed by atoms with Gasteiger partial charge < -0.3 is 15.4 Å². The summed E-state index contributed by atoms with van der Waals surface area (Å²) in [6.45, 7) is 4.22. The zero-order valence-corrected chi connectivity index (χ0v) is 11.2. The molecule has 0 spiro atoms. The van der Waals surface area contributed by atoms with Crippen molar-refractivity contribution in [2.75, 3.05) is 25.0 Å². The van der Waals surface area contributed by atoms with Crippen LogP contribution in [0.4, 0.5) is 5.95 Å². The molecule has 1 saturated heterocycles. The summed E-state index contributed by atoms with van der Waals surface area (Å²) in [5, 5.41) is 5.90. The van der Waals surface area contributed by atoms with E-state index >= 15 is 0 Å². The average molecular weight is 264 g/mol. The third-order valence-corrected chi connectivity index (χ3v) is 2.96. The third kappa shape index (κ3) is 4.17. The van der Waals surface area contributed by atoms with Crippen molar-refractivity contribution in [1.82, 2.24) is 15.3 Å². The molecule has 0 aliphatic carbocycles.